The standard InChI is InChI=1S/C41H64N4O17/c1-36(2,3)57-30(46)44-29-42-26-22(27(43-29)56-35(51)62-41(16,17)18)19-21-24(54-33(49)60-39(10,11)12)25(55-34(50)61-40(13,14)15)23(20-52-32(48)59-38(7,8)9)53-28(21)45(26)31(47)58-37(4,5)6/h21,23-25,28H,19-20H2,1-18H3,(H,42,43,44,46). The Morgan fingerprint density at radius 2 is 1.05 bits per heavy atom. The number of hydrogen-bond acceptors (Lipinski definition) is 19. The van der Waals surface area contributed by atoms with Crippen LogP contribution in [0.2, 0.25) is 0 Å². The summed E-state index contributed by atoms with van der Waals surface area (Å²) in [6.45, 7) is 28.1. The summed E-state index contributed by atoms with van der Waals surface area (Å²) in [4.78, 5) is 90.4. The van der Waals surface area contributed by atoms with Crippen LogP contribution in [0.1, 0.15) is 130 Å². The molecule has 0 saturated carbocycles. The molecule has 2 amide bonds. The van der Waals surface area contributed by atoms with E-state index in [0.29, 0.717) is 0 Å². The Hall–Kier alpha value is -5.34. The molecule has 1 N–H and O–H groups in total. The molecular weight excluding hydrogens is 820 g/mol. The van der Waals surface area contributed by atoms with Crippen molar-refractivity contribution in [1.82, 2.24) is 9.97 Å². The van der Waals surface area contributed by atoms with E-state index in [4.69, 9.17) is 52.1 Å². The molecule has 1 saturated heterocycles. The van der Waals surface area contributed by atoms with Crippen molar-refractivity contribution in [3.05, 3.63) is 5.56 Å². The van der Waals surface area contributed by atoms with Gasteiger partial charge in [-0.05, 0) is 131 Å². The zero-order valence-corrected chi connectivity index (χ0v) is 39.1. The second kappa shape index (κ2) is 18.6. The molecule has 1 aromatic rings. The van der Waals surface area contributed by atoms with Gasteiger partial charge < -0.3 is 52.1 Å². The molecule has 0 radical (unpaired) electrons. The Bertz CT molecular complexity index is 1830. The minimum atomic E-state index is -1.65. The van der Waals surface area contributed by atoms with Gasteiger partial charge >= 0.3 is 36.8 Å². The first kappa shape index (κ1) is 51.0. The lowest BCUT2D eigenvalue weighted by atomic mass is 9.82. The number of carbonyl (C=O) groups excluding carboxylic acids is 6. The van der Waals surface area contributed by atoms with Crippen LogP contribution in [0, 0.1) is 5.92 Å². The van der Waals surface area contributed by atoms with Crippen molar-refractivity contribution >= 4 is 48.6 Å². The molecule has 21 nitrogen and oxygen atoms in total. The number of anilines is 2. The molecule has 5 unspecified atom stereocenters. The van der Waals surface area contributed by atoms with Crippen LogP contribution in [-0.2, 0) is 53.8 Å². The van der Waals surface area contributed by atoms with E-state index in [9.17, 15) is 28.8 Å². The SMILES string of the molecule is CC(C)(C)OC(=O)Nc1nc(OC(=O)OC(C)(C)C)c2c(n1)N(C(=O)OC(C)(C)C)C1OC(COC(=O)OC(C)(C)C)C(OC(=O)OC(C)(C)C)C(OC(=O)OC(C)(C)C)C1C2. The number of carbonyl (C=O) groups is 6. The molecule has 3 heterocycles. The van der Waals surface area contributed by atoms with Crippen molar-refractivity contribution in [2.75, 3.05) is 16.8 Å². The maximum absolute atomic E-state index is 14.5. The Morgan fingerprint density at radius 1 is 0.597 bits per heavy atom. The summed E-state index contributed by atoms with van der Waals surface area (Å²) in [5, 5.41) is 2.39. The fraction of sp³-hybridized carbons (Fsp3) is 0.756. The van der Waals surface area contributed by atoms with Gasteiger partial charge in [0.05, 0.1) is 11.5 Å². The quantitative estimate of drug-likeness (QED) is 0.208. The van der Waals surface area contributed by atoms with Gasteiger partial charge in [-0.25, -0.2) is 33.7 Å². The topological polar surface area (TPSA) is 245 Å². The molecule has 3 rings (SSSR count). The van der Waals surface area contributed by atoms with E-state index in [0.717, 1.165) is 4.90 Å². The van der Waals surface area contributed by atoms with Gasteiger partial charge in [-0.2, -0.15) is 9.97 Å². The van der Waals surface area contributed by atoms with E-state index in [2.05, 4.69) is 15.3 Å². The minimum absolute atomic E-state index is 0.0708. The fourth-order valence-electron chi connectivity index (χ4n) is 5.65. The zero-order valence-electron chi connectivity index (χ0n) is 39.1. The van der Waals surface area contributed by atoms with Crippen molar-refractivity contribution < 1.29 is 80.9 Å². The van der Waals surface area contributed by atoms with Gasteiger partial charge in [0.1, 0.15) is 52.5 Å². The highest BCUT2D eigenvalue weighted by atomic mass is 16.8. The van der Waals surface area contributed by atoms with Crippen molar-refractivity contribution in [3.8, 4) is 5.88 Å². The molecule has 0 aliphatic carbocycles. The van der Waals surface area contributed by atoms with Crippen molar-refractivity contribution in [2.45, 2.75) is 189 Å². The number of amides is 2. The summed E-state index contributed by atoms with van der Waals surface area (Å²) >= 11 is 0. The Balaban J connectivity index is 2.39. The number of rotatable bonds is 6. The van der Waals surface area contributed by atoms with Gasteiger partial charge in [-0.15, -0.1) is 0 Å². The number of hydrogen-bond donors (Lipinski definition) is 1. The Labute approximate surface area is 362 Å². The van der Waals surface area contributed by atoms with Crippen molar-refractivity contribution in [2.24, 2.45) is 5.92 Å². The first-order valence-corrected chi connectivity index (χ1v) is 20.0. The van der Waals surface area contributed by atoms with Crippen LogP contribution < -0.4 is 15.0 Å². The maximum atomic E-state index is 14.5. The number of nitrogens with zero attached hydrogens (tertiary/aromatic N) is 3. The fourth-order valence-corrected chi connectivity index (χ4v) is 5.65. The van der Waals surface area contributed by atoms with Crippen LogP contribution in [0.15, 0.2) is 0 Å². The first-order valence-electron chi connectivity index (χ1n) is 20.0. The van der Waals surface area contributed by atoms with Crippen LogP contribution in [0.5, 0.6) is 5.88 Å². The van der Waals surface area contributed by atoms with Crippen molar-refractivity contribution in [3.63, 3.8) is 0 Å². The van der Waals surface area contributed by atoms with Gasteiger partial charge in [-0.3, -0.25) is 5.32 Å². The molecule has 350 valence electrons. The average molecular weight is 885 g/mol. The molecule has 5 atom stereocenters. The lowest BCUT2D eigenvalue weighted by Crippen LogP contribution is -2.66. The second-order valence-electron chi connectivity index (χ2n) is 20.5. The third-order valence-corrected chi connectivity index (χ3v) is 7.43. The number of aromatic nitrogens is 2. The molecular formula is C41H64N4O17. The van der Waals surface area contributed by atoms with Gasteiger partial charge in [-0.1, -0.05) is 0 Å². The molecule has 2 aliphatic rings. The summed E-state index contributed by atoms with van der Waals surface area (Å²) in [5.41, 5.74) is -6.34. The van der Waals surface area contributed by atoms with Gasteiger partial charge in [0, 0.05) is 0 Å². The normalized spacial score (nSPS) is 20.5. The lowest BCUT2D eigenvalue weighted by molar-refractivity contribution is -0.222. The van der Waals surface area contributed by atoms with Crippen molar-refractivity contribution in [1.29, 1.82) is 0 Å². The maximum Gasteiger partial charge on any atom is 0.515 e. The molecule has 1 aromatic heterocycles. The summed E-state index contributed by atoms with van der Waals surface area (Å²) in [5.74, 6) is -2.55. The number of ether oxygens (including phenoxy) is 11. The van der Waals surface area contributed by atoms with Crippen LogP contribution in [0.3, 0.4) is 0 Å². The van der Waals surface area contributed by atoms with Gasteiger partial charge in [0.25, 0.3) is 0 Å². The molecule has 0 bridgehead atoms. The molecule has 62 heavy (non-hydrogen) atoms. The summed E-state index contributed by atoms with van der Waals surface area (Å²) in [7, 11) is 0. The highest BCUT2D eigenvalue weighted by Crippen LogP contribution is 2.45. The minimum Gasteiger partial charge on any atom is -0.444 e. The lowest BCUT2D eigenvalue weighted by Gasteiger charge is -2.50. The van der Waals surface area contributed by atoms with Gasteiger partial charge in [0.2, 0.25) is 11.8 Å². The van der Waals surface area contributed by atoms with Crippen LogP contribution in [0.25, 0.3) is 0 Å². The average Bonchev–Trinajstić information content (AvgIpc) is 2.98. The van der Waals surface area contributed by atoms with E-state index >= 15 is 0 Å². The number of nitrogens with one attached hydrogen (secondary N) is 1. The third-order valence-electron chi connectivity index (χ3n) is 7.43. The zero-order chi connectivity index (χ0) is 47.6. The second-order valence-corrected chi connectivity index (χ2v) is 20.5. The van der Waals surface area contributed by atoms with E-state index in [1.807, 2.05) is 0 Å². The summed E-state index contributed by atoms with van der Waals surface area (Å²) < 4.78 is 62.4. The number of fused-ring (bicyclic) bond motifs is 2. The first-order chi connectivity index (χ1) is 27.9. The molecule has 0 spiro atoms. The predicted octanol–water partition coefficient (Wildman–Crippen LogP) is 8.37. The van der Waals surface area contributed by atoms with E-state index in [1.54, 1.807) is 125 Å². The summed E-state index contributed by atoms with van der Waals surface area (Å²) in [6, 6.07) is 0. The summed E-state index contributed by atoms with van der Waals surface area (Å²) in [6.07, 6.45) is -13.6. The molecule has 0 aromatic carbocycles. The van der Waals surface area contributed by atoms with Crippen LogP contribution in [0.4, 0.5) is 40.5 Å². The monoisotopic (exact) mass is 884 g/mol. The Morgan fingerprint density at radius 3 is 1.53 bits per heavy atom. The van der Waals surface area contributed by atoms with Gasteiger partial charge in [0.15, 0.2) is 18.0 Å². The Kier molecular flexibility index (Phi) is 15.3. The molecule has 21 heteroatoms. The van der Waals surface area contributed by atoms with Crippen LogP contribution in [-0.4, -0.2) is 112 Å². The molecule has 2 aliphatic heterocycles. The highest BCUT2D eigenvalue weighted by Gasteiger charge is 2.58. The van der Waals surface area contributed by atoms with E-state index in [1.165, 1.54) is 0 Å². The highest BCUT2D eigenvalue weighted by molar-refractivity contribution is 5.90. The van der Waals surface area contributed by atoms with E-state index in [-0.39, 0.29) is 17.8 Å². The molecule has 1 fully saturated rings. The predicted molar refractivity (Wildman–Crippen MR) is 218 cm³/mol. The van der Waals surface area contributed by atoms with Crippen LogP contribution >= 0.6 is 0 Å². The third kappa shape index (κ3) is 16.5. The van der Waals surface area contributed by atoms with E-state index < -0.39 is 119 Å². The largest absolute Gasteiger partial charge is 0.515 e. The smallest absolute Gasteiger partial charge is 0.444 e.